The minimum absolute atomic E-state index is 0.226. The second-order valence-corrected chi connectivity index (χ2v) is 4.32. The Bertz CT molecular complexity index is 191. The van der Waals surface area contributed by atoms with Crippen molar-refractivity contribution in [1.82, 2.24) is 4.90 Å². The van der Waals surface area contributed by atoms with E-state index in [1.54, 1.807) is 0 Å². The highest BCUT2D eigenvalue weighted by Crippen LogP contribution is 2.22. The first-order valence-corrected chi connectivity index (χ1v) is 5.99. The van der Waals surface area contributed by atoms with E-state index in [2.05, 4.69) is 25.7 Å². The Morgan fingerprint density at radius 1 is 1.43 bits per heavy atom. The molecule has 0 amide bonds. The van der Waals surface area contributed by atoms with Crippen LogP contribution in [0.25, 0.3) is 0 Å². The largest absolute Gasteiger partial charge is 0.298 e. The molecule has 1 saturated carbocycles. The molecule has 0 N–H and O–H groups in total. The van der Waals surface area contributed by atoms with E-state index in [-0.39, 0.29) is 6.04 Å². The first kappa shape index (κ1) is 11.7. The van der Waals surface area contributed by atoms with Crippen LogP contribution < -0.4 is 0 Å². The topological polar surface area (TPSA) is 20.3 Å². The van der Waals surface area contributed by atoms with Crippen LogP contribution in [-0.4, -0.2) is 29.3 Å². The van der Waals surface area contributed by atoms with E-state index in [0.29, 0.717) is 11.8 Å². The summed E-state index contributed by atoms with van der Waals surface area (Å²) in [6, 6.07) is 0.774. The van der Waals surface area contributed by atoms with Crippen molar-refractivity contribution >= 4 is 5.78 Å². The first-order chi connectivity index (χ1) is 6.70. The van der Waals surface area contributed by atoms with Gasteiger partial charge in [0.1, 0.15) is 5.78 Å². The fraction of sp³-hybridized carbons (Fsp3) is 0.917. The number of carbonyl (C=O) groups excluding carboxylic acids is 1. The summed E-state index contributed by atoms with van der Waals surface area (Å²) in [5, 5.41) is 0. The predicted molar refractivity (Wildman–Crippen MR) is 59.4 cm³/mol. The molecule has 1 fully saturated rings. The fourth-order valence-corrected chi connectivity index (χ4v) is 2.39. The Balaban J connectivity index is 2.61. The lowest BCUT2D eigenvalue weighted by Gasteiger charge is -2.36. The molecule has 1 rings (SSSR count). The fourth-order valence-electron chi connectivity index (χ4n) is 2.39. The molecule has 0 aromatic rings. The monoisotopic (exact) mass is 197 g/mol. The van der Waals surface area contributed by atoms with Crippen molar-refractivity contribution < 1.29 is 4.79 Å². The third-order valence-corrected chi connectivity index (χ3v) is 3.44. The van der Waals surface area contributed by atoms with Crippen molar-refractivity contribution in [3.63, 3.8) is 0 Å². The molecule has 0 spiro atoms. The third kappa shape index (κ3) is 2.57. The average Bonchev–Trinajstić information content (AvgIpc) is 2.21. The third-order valence-electron chi connectivity index (χ3n) is 3.44. The van der Waals surface area contributed by atoms with Crippen LogP contribution in [0, 0.1) is 0 Å². The van der Waals surface area contributed by atoms with Crippen LogP contribution in [0.2, 0.25) is 0 Å². The van der Waals surface area contributed by atoms with Gasteiger partial charge in [-0.25, -0.2) is 0 Å². The lowest BCUT2D eigenvalue weighted by molar-refractivity contribution is -0.127. The zero-order valence-electron chi connectivity index (χ0n) is 9.75. The summed E-state index contributed by atoms with van der Waals surface area (Å²) in [4.78, 5) is 14.1. The molecular formula is C12H23NO. The van der Waals surface area contributed by atoms with Crippen molar-refractivity contribution in [2.45, 2.75) is 65.0 Å². The van der Waals surface area contributed by atoms with E-state index in [1.807, 2.05) is 0 Å². The number of hydrogen-bond acceptors (Lipinski definition) is 2. The second-order valence-electron chi connectivity index (χ2n) is 4.32. The zero-order chi connectivity index (χ0) is 10.6. The van der Waals surface area contributed by atoms with E-state index < -0.39 is 0 Å². The van der Waals surface area contributed by atoms with Crippen LogP contribution in [0.5, 0.6) is 0 Å². The molecule has 0 aromatic carbocycles. The molecule has 0 aliphatic heterocycles. The van der Waals surface area contributed by atoms with Gasteiger partial charge in [0.05, 0.1) is 6.04 Å². The standard InChI is InChI=1S/C12H23NO/c1-4-10(3)13(5-2)11-8-6-7-9-12(11)14/h10-11H,4-9H2,1-3H3. The lowest BCUT2D eigenvalue weighted by Crippen LogP contribution is -2.47. The molecule has 1 aliphatic carbocycles. The van der Waals surface area contributed by atoms with E-state index in [0.717, 1.165) is 32.2 Å². The number of hydrogen-bond donors (Lipinski definition) is 0. The number of Topliss-reactive ketones (excluding diaryl/α,β-unsaturated/α-hetero) is 1. The van der Waals surface area contributed by atoms with Crippen LogP contribution >= 0.6 is 0 Å². The lowest BCUT2D eigenvalue weighted by atomic mass is 9.91. The van der Waals surface area contributed by atoms with Crippen molar-refractivity contribution in [3.8, 4) is 0 Å². The van der Waals surface area contributed by atoms with Crippen molar-refractivity contribution in [3.05, 3.63) is 0 Å². The SMILES string of the molecule is CCC(C)N(CC)C1CCCCC1=O. The van der Waals surface area contributed by atoms with E-state index in [1.165, 1.54) is 6.42 Å². The van der Waals surface area contributed by atoms with Crippen LogP contribution in [0.4, 0.5) is 0 Å². The van der Waals surface area contributed by atoms with Gasteiger partial charge in [-0.2, -0.15) is 0 Å². The van der Waals surface area contributed by atoms with Crippen LogP contribution in [0.1, 0.15) is 52.9 Å². The predicted octanol–water partition coefficient (Wildman–Crippen LogP) is 2.62. The second kappa shape index (κ2) is 5.50. The highest BCUT2D eigenvalue weighted by atomic mass is 16.1. The molecule has 0 aromatic heterocycles. The summed E-state index contributed by atoms with van der Waals surface area (Å²) in [7, 11) is 0. The number of carbonyl (C=O) groups is 1. The number of nitrogens with zero attached hydrogens (tertiary/aromatic N) is 1. The quantitative estimate of drug-likeness (QED) is 0.690. The molecule has 0 saturated heterocycles. The van der Waals surface area contributed by atoms with Gasteiger partial charge in [0.2, 0.25) is 0 Å². The summed E-state index contributed by atoms with van der Waals surface area (Å²) in [5.74, 6) is 0.471. The maximum absolute atomic E-state index is 11.8. The number of ketones is 1. The minimum Gasteiger partial charge on any atom is -0.298 e. The minimum atomic E-state index is 0.226. The van der Waals surface area contributed by atoms with Crippen molar-refractivity contribution in [2.75, 3.05) is 6.54 Å². The Hall–Kier alpha value is -0.370. The first-order valence-electron chi connectivity index (χ1n) is 5.99. The Morgan fingerprint density at radius 2 is 2.14 bits per heavy atom. The van der Waals surface area contributed by atoms with Gasteiger partial charge in [-0.05, 0) is 32.7 Å². The van der Waals surface area contributed by atoms with Crippen molar-refractivity contribution in [1.29, 1.82) is 0 Å². The van der Waals surface area contributed by atoms with Gasteiger partial charge >= 0.3 is 0 Å². The summed E-state index contributed by atoms with van der Waals surface area (Å²) in [5.41, 5.74) is 0. The van der Waals surface area contributed by atoms with Gasteiger partial charge in [0.15, 0.2) is 0 Å². The highest BCUT2D eigenvalue weighted by Gasteiger charge is 2.29. The maximum atomic E-state index is 11.8. The van der Waals surface area contributed by atoms with Gasteiger partial charge in [-0.15, -0.1) is 0 Å². The average molecular weight is 197 g/mol. The molecule has 14 heavy (non-hydrogen) atoms. The normalized spacial score (nSPS) is 25.4. The summed E-state index contributed by atoms with van der Waals surface area (Å²) < 4.78 is 0. The molecule has 0 radical (unpaired) electrons. The molecule has 82 valence electrons. The molecule has 2 atom stereocenters. The molecule has 0 heterocycles. The van der Waals surface area contributed by atoms with Gasteiger partial charge in [-0.1, -0.05) is 20.3 Å². The molecule has 2 heteroatoms. The van der Waals surface area contributed by atoms with Crippen LogP contribution in [0.3, 0.4) is 0 Å². The van der Waals surface area contributed by atoms with Crippen LogP contribution in [-0.2, 0) is 4.79 Å². The summed E-state index contributed by atoms with van der Waals surface area (Å²) in [6.07, 6.45) is 5.35. The molecule has 2 nitrogen and oxygen atoms in total. The Morgan fingerprint density at radius 3 is 2.64 bits per heavy atom. The van der Waals surface area contributed by atoms with Gasteiger partial charge in [0, 0.05) is 12.5 Å². The Labute approximate surface area is 87.7 Å². The molecule has 0 bridgehead atoms. The molecular weight excluding hydrogens is 174 g/mol. The Kier molecular flexibility index (Phi) is 4.59. The van der Waals surface area contributed by atoms with Gasteiger partial charge in [0.25, 0.3) is 0 Å². The summed E-state index contributed by atoms with van der Waals surface area (Å²) >= 11 is 0. The summed E-state index contributed by atoms with van der Waals surface area (Å²) in [6.45, 7) is 7.59. The van der Waals surface area contributed by atoms with E-state index >= 15 is 0 Å². The number of rotatable bonds is 4. The smallest absolute Gasteiger partial charge is 0.149 e. The van der Waals surface area contributed by atoms with Crippen LogP contribution in [0.15, 0.2) is 0 Å². The highest BCUT2D eigenvalue weighted by molar-refractivity contribution is 5.84. The zero-order valence-corrected chi connectivity index (χ0v) is 9.75. The number of likely N-dealkylation sites (N-methyl/N-ethyl adjacent to an activating group) is 1. The maximum Gasteiger partial charge on any atom is 0.149 e. The van der Waals surface area contributed by atoms with Gasteiger partial charge in [-0.3, -0.25) is 9.69 Å². The van der Waals surface area contributed by atoms with E-state index in [4.69, 9.17) is 0 Å². The van der Waals surface area contributed by atoms with Crippen molar-refractivity contribution in [2.24, 2.45) is 0 Å². The van der Waals surface area contributed by atoms with E-state index in [9.17, 15) is 4.79 Å². The molecule has 2 unspecified atom stereocenters. The van der Waals surface area contributed by atoms with Gasteiger partial charge < -0.3 is 0 Å². The molecule has 1 aliphatic rings.